The number of carbonyl (C=O) groups is 1. The second-order valence-corrected chi connectivity index (χ2v) is 10.3. The van der Waals surface area contributed by atoms with Gasteiger partial charge in [-0.05, 0) is 17.2 Å². The molecule has 1 amide bonds. The van der Waals surface area contributed by atoms with E-state index in [9.17, 15) is 18.3 Å². The van der Waals surface area contributed by atoms with E-state index in [1.807, 2.05) is 0 Å². The highest BCUT2D eigenvalue weighted by Gasteiger charge is 2.39. The largest absolute Gasteiger partial charge is 0.484 e. The maximum Gasteiger partial charge on any atom is 0.257 e. The van der Waals surface area contributed by atoms with Gasteiger partial charge in [0.15, 0.2) is 11.9 Å². The van der Waals surface area contributed by atoms with Crippen LogP contribution in [0.3, 0.4) is 0 Å². The van der Waals surface area contributed by atoms with Gasteiger partial charge in [-0.2, -0.15) is 4.31 Å². The predicted octanol–water partition coefficient (Wildman–Crippen LogP) is 0.377. The van der Waals surface area contributed by atoms with Crippen molar-refractivity contribution in [3.8, 4) is 11.6 Å². The van der Waals surface area contributed by atoms with Crippen molar-refractivity contribution in [1.29, 1.82) is 0 Å². The van der Waals surface area contributed by atoms with Crippen LogP contribution in [0.5, 0.6) is 11.6 Å². The van der Waals surface area contributed by atoms with Gasteiger partial charge in [0.2, 0.25) is 10.0 Å². The second kappa shape index (κ2) is 7.79. The molecule has 0 saturated heterocycles. The van der Waals surface area contributed by atoms with Crippen molar-refractivity contribution < 1.29 is 27.8 Å². The van der Waals surface area contributed by atoms with Gasteiger partial charge in [-0.3, -0.25) is 4.79 Å². The van der Waals surface area contributed by atoms with Crippen LogP contribution in [0.25, 0.3) is 5.65 Å². The van der Waals surface area contributed by atoms with Crippen LogP contribution in [0.4, 0.5) is 0 Å². The van der Waals surface area contributed by atoms with E-state index in [1.54, 1.807) is 40.0 Å². The highest BCUT2D eigenvalue weighted by atomic mass is 32.2. The number of ether oxygens (including phenoxy) is 2. The summed E-state index contributed by atoms with van der Waals surface area (Å²) in [5, 5.41) is 10.8. The summed E-state index contributed by atoms with van der Waals surface area (Å²) in [6.07, 6.45) is 5.06. The number of carbonyl (C=O) groups excluding carboxylic acids is 1. The molecule has 3 aromatic rings. The van der Waals surface area contributed by atoms with Gasteiger partial charge < -0.3 is 23.9 Å². The Balaban J connectivity index is 1.15. The Morgan fingerprint density at radius 1 is 1.06 bits per heavy atom. The summed E-state index contributed by atoms with van der Waals surface area (Å²) in [6.45, 7) is 1.62. The first-order valence-electron chi connectivity index (χ1n) is 10.8. The maximum atomic E-state index is 13.2. The van der Waals surface area contributed by atoms with Gasteiger partial charge in [0.05, 0.1) is 6.20 Å². The molecule has 12 heteroatoms. The normalized spacial score (nSPS) is 19.0. The number of aliphatic hydroxyl groups is 1. The van der Waals surface area contributed by atoms with Crippen LogP contribution in [0.2, 0.25) is 0 Å². The number of aromatic nitrogens is 3. The molecule has 6 heterocycles. The molecule has 0 fully saturated rings. The van der Waals surface area contributed by atoms with Gasteiger partial charge in [0.25, 0.3) is 11.8 Å². The van der Waals surface area contributed by atoms with E-state index in [-0.39, 0.29) is 37.0 Å². The first-order chi connectivity index (χ1) is 16.4. The van der Waals surface area contributed by atoms with Gasteiger partial charge in [-0.15, -0.1) is 0 Å². The number of fused-ring (bicyclic) bond motifs is 2. The van der Waals surface area contributed by atoms with E-state index >= 15 is 0 Å². The van der Waals surface area contributed by atoms with Gasteiger partial charge >= 0.3 is 0 Å². The molecule has 3 aliphatic heterocycles. The summed E-state index contributed by atoms with van der Waals surface area (Å²) in [5.74, 6) is 0.159. The fourth-order valence-electron chi connectivity index (χ4n) is 4.57. The van der Waals surface area contributed by atoms with Crippen LogP contribution in [-0.4, -0.2) is 82.4 Å². The molecule has 3 aliphatic rings. The topological polar surface area (TPSA) is 127 Å². The minimum atomic E-state index is -3.80. The highest BCUT2D eigenvalue weighted by molar-refractivity contribution is 7.89. The number of imidazole rings is 1. The van der Waals surface area contributed by atoms with E-state index in [0.29, 0.717) is 30.2 Å². The smallest absolute Gasteiger partial charge is 0.257 e. The van der Waals surface area contributed by atoms with Crippen molar-refractivity contribution in [2.24, 2.45) is 0 Å². The Morgan fingerprint density at radius 2 is 1.82 bits per heavy atom. The van der Waals surface area contributed by atoms with Crippen LogP contribution in [0, 0.1) is 0 Å². The fraction of sp³-hybridized carbons (Fsp3) is 0.318. The zero-order chi connectivity index (χ0) is 23.4. The summed E-state index contributed by atoms with van der Waals surface area (Å²) in [7, 11) is -3.80. The van der Waals surface area contributed by atoms with Crippen LogP contribution in [0.1, 0.15) is 11.7 Å². The molecular formula is C22H21N5O6S. The standard InChI is InChI=1S/C22H21N5O6S/c28-19(17-2-1-4-25-5-3-23-20(17)25)22(29)26-10-14-12-27(13-15(14)11-26)34(30,31)16-8-18-21(24-9-16)33-7-6-32-18/h1-5,8-9,19,28H,6-7,10-13H2. The lowest BCUT2D eigenvalue weighted by molar-refractivity contribution is -0.139. The average Bonchev–Trinajstić information content (AvgIpc) is 3.57. The zero-order valence-corrected chi connectivity index (χ0v) is 18.8. The van der Waals surface area contributed by atoms with E-state index in [2.05, 4.69) is 9.97 Å². The summed E-state index contributed by atoms with van der Waals surface area (Å²) in [5.41, 5.74) is 2.69. The Labute approximate surface area is 194 Å². The average molecular weight is 484 g/mol. The minimum absolute atomic E-state index is 0.0362. The second-order valence-electron chi connectivity index (χ2n) is 8.37. The third kappa shape index (κ3) is 3.33. The van der Waals surface area contributed by atoms with E-state index in [4.69, 9.17) is 9.47 Å². The molecule has 0 aliphatic carbocycles. The third-order valence-corrected chi connectivity index (χ3v) is 8.06. The fourth-order valence-corrected chi connectivity index (χ4v) is 5.96. The first kappa shape index (κ1) is 21.1. The third-order valence-electron chi connectivity index (χ3n) is 6.30. The number of sulfonamides is 1. The van der Waals surface area contributed by atoms with Crippen molar-refractivity contribution in [3.05, 3.63) is 59.7 Å². The van der Waals surface area contributed by atoms with Crippen LogP contribution in [-0.2, 0) is 14.8 Å². The Bertz CT molecular complexity index is 1430. The van der Waals surface area contributed by atoms with E-state index in [0.717, 1.165) is 11.1 Å². The predicted molar refractivity (Wildman–Crippen MR) is 118 cm³/mol. The molecule has 6 rings (SSSR count). The zero-order valence-electron chi connectivity index (χ0n) is 18.0. The van der Waals surface area contributed by atoms with Crippen LogP contribution < -0.4 is 9.47 Å². The lowest BCUT2D eigenvalue weighted by atomic mass is 10.1. The lowest BCUT2D eigenvalue weighted by Crippen LogP contribution is -2.38. The molecule has 34 heavy (non-hydrogen) atoms. The number of rotatable bonds is 4. The molecule has 11 nitrogen and oxygen atoms in total. The summed E-state index contributed by atoms with van der Waals surface area (Å²) >= 11 is 0. The van der Waals surface area contributed by atoms with Crippen molar-refractivity contribution in [1.82, 2.24) is 23.6 Å². The molecule has 1 atom stereocenters. The molecule has 176 valence electrons. The quantitative estimate of drug-likeness (QED) is 0.528. The minimum Gasteiger partial charge on any atom is -0.484 e. The molecule has 0 bridgehead atoms. The number of amides is 1. The van der Waals surface area contributed by atoms with E-state index in [1.165, 1.54) is 16.6 Å². The van der Waals surface area contributed by atoms with E-state index < -0.39 is 22.0 Å². The Morgan fingerprint density at radius 3 is 2.62 bits per heavy atom. The Hall–Kier alpha value is -3.48. The van der Waals surface area contributed by atoms with Crippen molar-refractivity contribution in [2.45, 2.75) is 11.0 Å². The number of hydrogen-bond acceptors (Lipinski definition) is 8. The van der Waals surface area contributed by atoms with Crippen molar-refractivity contribution in [3.63, 3.8) is 0 Å². The summed E-state index contributed by atoms with van der Waals surface area (Å²) < 4.78 is 40.3. The SMILES string of the molecule is O=C(C(O)c1cccn2ccnc12)N1CC2=C(C1)CN(S(=O)(=O)c1cnc3c(c1)OCCO3)C2. The van der Waals surface area contributed by atoms with Crippen molar-refractivity contribution in [2.75, 3.05) is 39.4 Å². The lowest BCUT2D eigenvalue weighted by Gasteiger charge is -2.25. The first-order valence-corrected chi connectivity index (χ1v) is 12.2. The molecule has 3 aromatic heterocycles. The maximum absolute atomic E-state index is 13.2. The Kier molecular flexibility index (Phi) is 4.83. The number of pyridine rings is 2. The van der Waals surface area contributed by atoms with Crippen LogP contribution in [0.15, 0.2) is 59.0 Å². The van der Waals surface area contributed by atoms with Crippen molar-refractivity contribution >= 4 is 21.6 Å². The number of aliphatic hydroxyl groups excluding tert-OH is 1. The highest BCUT2D eigenvalue weighted by Crippen LogP contribution is 2.34. The van der Waals surface area contributed by atoms with Gasteiger partial charge in [-0.1, -0.05) is 6.07 Å². The summed E-state index contributed by atoms with van der Waals surface area (Å²) in [6, 6.07) is 4.86. The molecule has 0 saturated carbocycles. The number of nitrogens with zero attached hydrogens (tertiary/aromatic N) is 5. The summed E-state index contributed by atoms with van der Waals surface area (Å²) in [4.78, 5) is 22.9. The molecule has 0 radical (unpaired) electrons. The molecule has 0 aromatic carbocycles. The molecule has 1 unspecified atom stereocenters. The molecule has 0 spiro atoms. The number of hydrogen-bond donors (Lipinski definition) is 1. The van der Waals surface area contributed by atoms with Gasteiger partial charge in [0, 0.05) is 56.4 Å². The monoisotopic (exact) mass is 483 g/mol. The van der Waals surface area contributed by atoms with Gasteiger partial charge in [0.1, 0.15) is 23.8 Å². The molecular weight excluding hydrogens is 462 g/mol. The van der Waals surface area contributed by atoms with Crippen LogP contribution >= 0.6 is 0 Å². The van der Waals surface area contributed by atoms with Gasteiger partial charge in [-0.25, -0.2) is 18.4 Å². The molecule has 1 N–H and O–H groups in total.